The Labute approximate surface area is 77.7 Å². The van der Waals surface area contributed by atoms with Crippen molar-refractivity contribution in [3.63, 3.8) is 0 Å². The lowest BCUT2D eigenvalue weighted by molar-refractivity contribution is 0.827. The van der Waals surface area contributed by atoms with Crippen molar-refractivity contribution in [3.8, 4) is 0 Å². The molecule has 0 amide bonds. The third-order valence-electron chi connectivity index (χ3n) is 2.41. The van der Waals surface area contributed by atoms with Crippen molar-refractivity contribution in [1.82, 2.24) is 0 Å². The van der Waals surface area contributed by atoms with Crippen LogP contribution in [0, 0.1) is 6.92 Å². The highest BCUT2D eigenvalue weighted by Crippen LogP contribution is 2.30. The molecule has 0 atom stereocenters. The maximum absolute atomic E-state index is 6.01. The van der Waals surface area contributed by atoms with Gasteiger partial charge in [0.15, 0.2) is 0 Å². The molecule has 0 saturated heterocycles. The number of rotatable bonds is 0. The average Bonchev–Trinajstić information content (AvgIpc) is 2.12. The summed E-state index contributed by atoms with van der Waals surface area (Å²) in [4.78, 5) is 0. The van der Waals surface area contributed by atoms with Gasteiger partial charge >= 0.3 is 0 Å². The summed E-state index contributed by atoms with van der Waals surface area (Å²) in [5.41, 5.74) is 3.85. The molecule has 1 aliphatic rings. The molecule has 0 saturated carbocycles. The second-order valence-corrected chi connectivity index (χ2v) is 3.64. The second kappa shape index (κ2) is 2.98. The lowest BCUT2D eigenvalue weighted by Crippen LogP contribution is -2.12. The number of nitrogens with one attached hydrogen (secondary N) is 1. The van der Waals surface area contributed by atoms with Gasteiger partial charge < -0.3 is 5.32 Å². The van der Waals surface area contributed by atoms with E-state index in [9.17, 15) is 0 Å². The fraction of sp³-hybridized carbons (Fsp3) is 0.400. The van der Waals surface area contributed by atoms with Crippen molar-refractivity contribution in [2.24, 2.45) is 0 Å². The first-order chi connectivity index (χ1) is 5.79. The van der Waals surface area contributed by atoms with Gasteiger partial charge in [0.2, 0.25) is 0 Å². The largest absolute Gasteiger partial charge is 0.385 e. The van der Waals surface area contributed by atoms with E-state index < -0.39 is 0 Å². The summed E-state index contributed by atoms with van der Waals surface area (Å²) < 4.78 is 0. The summed E-state index contributed by atoms with van der Waals surface area (Å²) in [7, 11) is 0. The first-order valence-electron chi connectivity index (χ1n) is 4.31. The predicted octanol–water partition coefficient (Wildman–Crippen LogP) is 3.01. The third-order valence-corrected chi connectivity index (χ3v) is 2.82. The van der Waals surface area contributed by atoms with E-state index in [0.29, 0.717) is 0 Å². The zero-order valence-electron chi connectivity index (χ0n) is 7.15. The molecule has 0 bridgehead atoms. The lowest BCUT2D eigenvalue weighted by Gasteiger charge is -2.20. The van der Waals surface area contributed by atoms with E-state index in [1.807, 2.05) is 6.07 Å². The Morgan fingerprint density at radius 1 is 1.42 bits per heavy atom. The molecular formula is C10H12ClN. The van der Waals surface area contributed by atoms with E-state index in [1.165, 1.54) is 29.7 Å². The SMILES string of the molecule is Cc1c(Cl)ccc2c1NCCC2. The van der Waals surface area contributed by atoms with Gasteiger partial charge in [-0.1, -0.05) is 17.7 Å². The van der Waals surface area contributed by atoms with Gasteiger partial charge in [0.05, 0.1) is 0 Å². The monoisotopic (exact) mass is 181 g/mol. The maximum atomic E-state index is 6.01. The first-order valence-corrected chi connectivity index (χ1v) is 4.68. The van der Waals surface area contributed by atoms with Crippen molar-refractivity contribution >= 4 is 17.3 Å². The summed E-state index contributed by atoms with van der Waals surface area (Å²) >= 11 is 6.01. The molecule has 0 unspecified atom stereocenters. The summed E-state index contributed by atoms with van der Waals surface area (Å²) in [6.07, 6.45) is 2.41. The van der Waals surface area contributed by atoms with Crippen LogP contribution in [0.25, 0.3) is 0 Å². The van der Waals surface area contributed by atoms with Crippen molar-refractivity contribution in [1.29, 1.82) is 0 Å². The molecule has 0 aromatic heterocycles. The van der Waals surface area contributed by atoms with Crippen LogP contribution in [0.15, 0.2) is 12.1 Å². The zero-order valence-corrected chi connectivity index (χ0v) is 7.91. The molecule has 1 heterocycles. The maximum Gasteiger partial charge on any atom is 0.0455 e. The smallest absolute Gasteiger partial charge is 0.0455 e. The molecule has 1 aliphatic heterocycles. The highest BCUT2D eigenvalue weighted by atomic mass is 35.5. The Balaban J connectivity index is 2.54. The van der Waals surface area contributed by atoms with E-state index >= 15 is 0 Å². The van der Waals surface area contributed by atoms with E-state index in [-0.39, 0.29) is 0 Å². The first kappa shape index (κ1) is 7.93. The molecule has 0 fully saturated rings. The highest BCUT2D eigenvalue weighted by molar-refractivity contribution is 6.31. The highest BCUT2D eigenvalue weighted by Gasteiger charge is 2.11. The minimum atomic E-state index is 0.864. The van der Waals surface area contributed by atoms with Gasteiger partial charge in [-0.25, -0.2) is 0 Å². The van der Waals surface area contributed by atoms with Gasteiger partial charge in [-0.15, -0.1) is 0 Å². The number of benzene rings is 1. The standard InChI is InChI=1S/C10H12ClN/c1-7-9(11)5-4-8-3-2-6-12-10(7)8/h4-5,12H,2-3,6H2,1H3. The Hall–Kier alpha value is -0.690. The van der Waals surface area contributed by atoms with Crippen molar-refractivity contribution in [2.45, 2.75) is 19.8 Å². The summed E-state index contributed by atoms with van der Waals surface area (Å²) in [6, 6.07) is 4.11. The Bertz CT molecular complexity index is 307. The Morgan fingerprint density at radius 2 is 2.25 bits per heavy atom. The topological polar surface area (TPSA) is 12.0 Å². The van der Waals surface area contributed by atoms with E-state index in [4.69, 9.17) is 11.6 Å². The van der Waals surface area contributed by atoms with Gasteiger partial charge in [-0.2, -0.15) is 0 Å². The molecule has 1 aromatic carbocycles. The van der Waals surface area contributed by atoms with Crippen LogP contribution in [0.5, 0.6) is 0 Å². The quantitative estimate of drug-likeness (QED) is 0.649. The minimum Gasteiger partial charge on any atom is -0.385 e. The Morgan fingerprint density at radius 3 is 3.08 bits per heavy atom. The summed E-state index contributed by atoms with van der Waals surface area (Å²) in [5, 5.41) is 4.25. The molecule has 1 aromatic rings. The molecular weight excluding hydrogens is 170 g/mol. The molecule has 0 aliphatic carbocycles. The van der Waals surface area contributed by atoms with Crippen LogP contribution in [0.3, 0.4) is 0 Å². The van der Waals surface area contributed by atoms with Gasteiger partial charge in [-0.3, -0.25) is 0 Å². The number of aryl methyl sites for hydroxylation is 1. The third kappa shape index (κ3) is 1.18. The normalized spacial score (nSPS) is 15.2. The van der Waals surface area contributed by atoms with Crippen molar-refractivity contribution < 1.29 is 0 Å². The van der Waals surface area contributed by atoms with Crippen LogP contribution in [0.2, 0.25) is 5.02 Å². The van der Waals surface area contributed by atoms with Crippen LogP contribution in [0.1, 0.15) is 17.5 Å². The van der Waals surface area contributed by atoms with E-state index in [2.05, 4.69) is 18.3 Å². The van der Waals surface area contributed by atoms with Gasteiger partial charge in [-0.05, 0) is 37.0 Å². The van der Waals surface area contributed by atoms with Crippen LogP contribution < -0.4 is 5.32 Å². The van der Waals surface area contributed by atoms with Crippen LogP contribution in [-0.4, -0.2) is 6.54 Å². The van der Waals surface area contributed by atoms with Crippen LogP contribution >= 0.6 is 11.6 Å². The number of hydrogen-bond donors (Lipinski definition) is 1. The minimum absolute atomic E-state index is 0.864. The molecule has 0 radical (unpaired) electrons. The van der Waals surface area contributed by atoms with Gasteiger partial charge in [0.25, 0.3) is 0 Å². The number of fused-ring (bicyclic) bond motifs is 1. The summed E-state index contributed by atoms with van der Waals surface area (Å²) in [6.45, 7) is 3.15. The Kier molecular flexibility index (Phi) is 1.97. The van der Waals surface area contributed by atoms with Crippen molar-refractivity contribution in [2.75, 3.05) is 11.9 Å². The van der Waals surface area contributed by atoms with Gasteiger partial charge in [0, 0.05) is 17.3 Å². The molecule has 12 heavy (non-hydrogen) atoms. The lowest BCUT2D eigenvalue weighted by atomic mass is 10.0. The molecule has 1 nitrogen and oxygen atoms in total. The predicted molar refractivity (Wildman–Crippen MR) is 53.0 cm³/mol. The molecule has 0 spiro atoms. The van der Waals surface area contributed by atoms with Crippen molar-refractivity contribution in [3.05, 3.63) is 28.3 Å². The van der Waals surface area contributed by atoms with Gasteiger partial charge in [0.1, 0.15) is 0 Å². The number of hydrogen-bond acceptors (Lipinski definition) is 1. The number of halogens is 1. The number of anilines is 1. The van der Waals surface area contributed by atoms with Crippen LogP contribution in [-0.2, 0) is 6.42 Å². The molecule has 2 rings (SSSR count). The van der Waals surface area contributed by atoms with E-state index in [0.717, 1.165) is 11.6 Å². The van der Waals surface area contributed by atoms with E-state index in [1.54, 1.807) is 0 Å². The van der Waals surface area contributed by atoms with Crippen LogP contribution in [0.4, 0.5) is 5.69 Å². The summed E-state index contributed by atoms with van der Waals surface area (Å²) in [5.74, 6) is 0. The zero-order chi connectivity index (χ0) is 8.55. The molecule has 2 heteroatoms. The molecule has 64 valence electrons. The average molecular weight is 182 g/mol. The fourth-order valence-electron chi connectivity index (χ4n) is 1.69. The fourth-order valence-corrected chi connectivity index (χ4v) is 1.85. The molecule has 1 N–H and O–H groups in total. The second-order valence-electron chi connectivity index (χ2n) is 3.24.